The SMILES string of the molecule is O=NC(CO)C(CSc1ccccc1)NC(=O)OCc1ccccc1. The van der Waals surface area contributed by atoms with Crippen LogP contribution in [-0.2, 0) is 11.3 Å². The molecule has 0 heterocycles. The number of alkyl carbamates (subject to hydrolysis) is 1. The molecule has 0 saturated carbocycles. The van der Waals surface area contributed by atoms with Crippen LogP contribution in [0.4, 0.5) is 4.79 Å². The summed E-state index contributed by atoms with van der Waals surface area (Å²) in [6.07, 6.45) is -0.649. The molecule has 2 aromatic carbocycles. The Morgan fingerprint density at radius 1 is 1.12 bits per heavy atom. The zero-order valence-corrected chi connectivity index (χ0v) is 14.4. The molecule has 0 aromatic heterocycles. The first-order valence-corrected chi connectivity index (χ1v) is 8.80. The normalized spacial score (nSPS) is 12.8. The third kappa shape index (κ3) is 6.56. The fourth-order valence-electron chi connectivity index (χ4n) is 2.10. The Morgan fingerprint density at radius 3 is 2.36 bits per heavy atom. The molecular weight excluding hydrogens is 340 g/mol. The van der Waals surface area contributed by atoms with Gasteiger partial charge in [0.15, 0.2) is 0 Å². The number of amides is 1. The van der Waals surface area contributed by atoms with E-state index in [0.29, 0.717) is 5.75 Å². The third-order valence-electron chi connectivity index (χ3n) is 3.48. The van der Waals surface area contributed by atoms with Crippen molar-refractivity contribution in [2.24, 2.45) is 5.18 Å². The van der Waals surface area contributed by atoms with Gasteiger partial charge in [0.05, 0.1) is 12.6 Å². The van der Waals surface area contributed by atoms with Gasteiger partial charge in [-0.3, -0.25) is 0 Å². The van der Waals surface area contributed by atoms with Gasteiger partial charge in [-0.2, -0.15) is 4.91 Å². The van der Waals surface area contributed by atoms with Gasteiger partial charge in [0, 0.05) is 10.6 Å². The van der Waals surface area contributed by atoms with Crippen molar-refractivity contribution in [2.75, 3.05) is 12.4 Å². The van der Waals surface area contributed by atoms with Crippen LogP contribution in [0.3, 0.4) is 0 Å². The summed E-state index contributed by atoms with van der Waals surface area (Å²) in [6, 6.07) is 17.3. The average molecular weight is 360 g/mol. The van der Waals surface area contributed by atoms with Gasteiger partial charge in [0.25, 0.3) is 0 Å². The lowest BCUT2D eigenvalue weighted by Gasteiger charge is -2.21. The van der Waals surface area contributed by atoms with E-state index in [4.69, 9.17) is 4.74 Å². The zero-order chi connectivity index (χ0) is 17.9. The van der Waals surface area contributed by atoms with Crippen molar-refractivity contribution in [1.82, 2.24) is 5.32 Å². The highest BCUT2D eigenvalue weighted by Gasteiger charge is 2.24. The van der Waals surface area contributed by atoms with Crippen molar-refractivity contribution in [2.45, 2.75) is 23.6 Å². The lowest BCUT2D eigenvalue weighted by Crippen LogP contribution is -2.46. The fraction of sp³-hybridized carbons (Fsp3) is 0.278. The first kappa shape index (κ1) is 19.0. The number of carbonyl (C=O) groups is 1. The number of aliphatic hydroxyl groups is 1. The molecule has 0 aliphatic rings. The number of carbonyl (C=O) groups excluding carboxylic acids is 1. The molecule has 2 atom stereocenters. The van der Waals surface area contributed by atoms with Crippen molar-refractivity contribution < 1.29 is 14.6 Å². The Bertz CT molecular complexity index is 655. The van der Waals surface area contributed by atoms with Gasteiger partial charge in [-0.15, -0.1) is 11.8 Å². The summed E-state index contributed by atoms with van der Waals surface area (Å²) >= 11 is 1.46. The molecule has 2 aromatic rings. The van der Waals surface area contributed by atoms with E-state index < -0.39 is 24.8 Å². The lowest BCUT2D eigenvalue weighted by molar-refractivity contribution is 0.133. The summed E-state index contributed by atoms with van der Waals surface area (Å²) < 4.78 is 5.17. The van der Waals surface area contributed by atoms with Crippen molar-refractivity contribution in [3.63, 3.8) is 0 Å². The maximum absolute atomic E-state index is 12.0. The standard InChI is InChI=1S/C18H20N2O4S/c21-11-16(20-23)17(13-25-15-9-5-2-6-10-15)19-18(22)24-12-14-7-3-1-4-8-14/h1-10,16-17,21H,11-13H2,(H,19,22). The molecule has 7 heteroatoms. The van der Waals surface area contributed by atoms with E-state index in [9.17, 15) is 14.8 Å². The van der Waals surface area contributed by atoms with Gasteiger partial charge >= 0.3 is 6.09 Å². The van der Waals surface area contributed by atoms with Crippen LogP contribution in [-0.4, -0.2) is 35.6 Å². The number of thioether (sulfide) groups is 1. The van der Waals surface area contributed by atoms with E-state index in [1.807, 2.05) is 60.7 Å². The highest BCUT2D eigenvalue weighted by Crippen LogP contribution is 2.19. The summed E-state index contributed by atoms with van der Waals surface area (Å²) in [5, 5.41) is 14.8. The Hall–Kier alpha value is -2.38. The van der Waals surface area contributed by atoms with Gasteiger partial charge in [0.2, 0.25) is 0 Å². The highest BCUT2D eigenvalue weighted by atomic mass is 32.2. The van der Waals surface area contributed by atoms with E-state index in [0.717, 1.165) is 10.5 Å². The van der Waals surface area contributed by atoms with Crippen LogP contribution < -0.4 is 5.32 Å². The van der Waals surface area contributed by atoms with Crippen LogP contribution in [0.15, 0.2) is 70.7 Å². The van der Waals surface area contributed by atoms with Gasteiger partial charge in [-0.25, -0.2) is 4.79 Å². The summed E-state index contributed by atoms with van der Waals surface area (Å²) in [5.74, 6) is 0.390. The monoisotopic (exact) mass is 360 g/mol. The Morgan fingerprint density at radius 2 is 1.76 bits per heavy atom. The minimum absolute atomic E-state index is 0.129. The second-order valence-corrected chi connectivity index (χ2v) is 6.39. The predicted molar refractivity (Wildman–Crippen MR) is 97.4 cm³/mol. The van der Waals surface area contributed by atoms with Crippen molar-refractivity contribution in [3.8, 4) is 0 Å². The molecule has 132 valence electrons. The number of aliphatic hydroxyl groups excluding tert-OH is 1. The molecule has 2 N–H and O–H groups in total. The molecule has 1 amide bonds. The molecule has 2 unspecified atom stereocenters. The van der Waals surface area contributed by atoms with Gasteiger partial charge in [-0.05, 0) is 17.7 Å². The van der Waals surface area contributed by atoms with Gasteiger partial charge < -0.3 is 15.2 Å². The summed E-state index contributed by atoms with van der Waals surface area (Å²) in [6.45, 7) is -0.313. The molecule has 0 aliphatic carbocycles. The molecule has 6 nitrogen and oxygen atoms in total. The molecule has 0 saturated heterocycles. The number of nitrogens with one attached hydrogen (secondary N) is 1. The Kier molecular flexibility index (Phi) is 7.94. The quantitative estimate of drug-likeness (QED) is 0.530. The highest BCUT2D eigenvalue weighted by molar-refractivity contribution is 7.99. The van der Waals surface area contributed by atoms with Crippen molar-refractivity contribution >= 4 is 17.9 Å². The van der Waals surface area contributed by atoms with Crippen LogP contribution in [0.5, 0.6) is 0 Å². The summed E-state index contributed by atoms with van der Waals surface area (Å²) in [7, 11) is 0. The first-order valence-electron chi connectivity index (χ1n) is 7.81. The number of nitroso groups, excluding NO2 is 1. The molecule has 0 aliphatic heterocycles. The second kappa shape index (κ2) is 10.5. The van der Waals surface area contributed by atoms with Gasteiger partial charge in [-0.1, -0.05) is 53.7 Å². The summed E-state index contributed by atoms with van der Waals surface area (Å²) in [4.78, 5) is 23.9. The molecule has 0 spiro atoms. The molecule has 0 radical (unpaired) electrons. The lowest BCUT2D eigenvalue weighted by atomic mass is 10.2. The van der Waals surface area contributed by atoms with Crippen LogP contribution in [0.1, 0.15) is 5.56 Å². The van der Waals surface area contributed by atoms with E-state index in [-0.39, 0.29) is 6.61 Å². The first-order chi connectivity index (χ1) is 12.2. The van der Waals surface area contributed by atoms with Crippen LogP contribution in [0, 0.1) is 4.91 Å². The topological polar surface area (TPSA) is 88.0 Å². The van der Waals surface area contributed by atoms with Crippen molar-refractivity contribution in [3.05, 3.63) is 71.1 Å². The Labute approximate surface area is 150 Å². The molecule has 25 heavy (non-hydrogen) atoms. The van der Waals surface area contributed by atoms with E-state index in [2.05, 4.69) is 10.5 Å². The zero-order valence-electron chi connectivity index (χ0n) is 13.6. The minimum Gasteiger partial charge on any atom is -0.445 e. The number of benzene rings is 2. The van der Waals surface area contributed by atoms with Crippen LogP contribution in [0.25, 0.3) is 0 Å². The van der Waals surface area contributed by atoms with Gasteiger partial charge in [0.1, 0.15) is 12.6 Å². The molecule has 0 fully saturated rings. The van der Waals surface area contributed by atoms with E-state index in [1.165, 1.54) is 11.8 Å². The fourth-order valence-corrected chi connectivity index (χ4v) is 3.13. The summed E-state index contributed by atoms with van der Waals surface area (Å²) in [5.41, 5.74) is 0.861. The minimum atomic E-state index is -0.930. The number of ether oxygens (including phenoxy) is 1. The maximum atomic E-state index is 12.0. The number of hydrogen-bond donors (Lipinski definition) is 2. The largest absolute Gasteiger partial charge is 0.445 e. The second-order valence-electron chi connectivity index (χ2n) is 5.29. The molecule has 2 rings (SSSR count). The Balaban J connectivity index is 1.90. The number of nitrogens with zero attached hydrogens (tertiary/aromatic N) is 1. The van der Waals surface area contributed by atoms with Crippen LogP contribution >= 0.6 is 11.8 Å². The van der Waals surface area contributed by atoms with E-state index in [1.54, 1.807) is 0 Å². The maximum Gasteiger partial charge on any atom is 0.407 e. The smallest absolute Gasteiger partial charge is 0.407 e. The average Bonchev–Trinajstić information content (AvgIpc) is 2.67. The number of rotatable bonds is 9. The van der Waals surface area contributed by atoms with Crippen molar-refractivity contribution in [1.29, 1.82) is 0 Å². The van der Waals surface area contributed by atoms with E-state index >= 15 is 0 Å². The molecular formula is C18H20N2O4S. The third-order valence-corrected chi connectivity index (χ3v) is 4.61. The predicted octanol–water partition coefficient (Wildman–Crippen LogP) is 3.20. The molecule has 0 bridgehead atoms. The van der Waals surface area contributed by atoms with Crippen LogP contribution in [0.2, 0.25) is 0 Å². The number of hydrogen-bond acceptors (Lipinski definition) is 6.